The minimum absolute atomic E-state index is 0.0276. The average Bonchev–Trinajstić information content (AvgIpc) is 2.75. The number of rotatable bonds is 11. The molecule has 31 heavy (non-hydrogen) atoms. The molecule has 1 amide bonds. The van der Waals surface area contributed by atoms with Gasteiger partial charge in [-0.2, -0.15) is 5.26 Å². The second-order valence-corrected chi connectivity index (χ2v) is 8.49. The van der Waals surface area contributed by atoms with Crippen molar-refractivity contribution in [3.05, 3.63) is 0 Å². The zero-order valence-corrected chi connectivity index (χ0v) is 18.7. The number of nitrogens with two attached hydrogens (primary N) is 2. The summed E-state index contributed by atoms with van der Waals surface area (Å²) in [6.45, 7) is 6.74. The molecule has 0 radical (unpaired) electrons. The van der Waals surface area contributed by atoms with Crippen LogP contribution in [0.25, 0.3) is 0 Å². The van der Waals surface area contributed by atoms with Crippen LogP contribution >= 0.6 is 0 Å². The first kappa shape index (κ1) is 25.6. The highest BCUT2D eigenvalue weighted by molar-refractivity contribution is 5.81. The monoisotopic (exact) mass is 437 g/mol. The largest absolute Gasteiger partial charge is 0.396 e. The standard InChI is InChI=1S/C21H39N7O3/c1-3-14(2)28-13-15(5-7-22)11-26-20(28)18(19(23)24)21(30)27-16-12-25-8-6-17(16)31-10-4-9-29/h11,14-20,25,29H,3-6,8-10,12-13,23-24H2,1-2H3,(H,27,30). The molecule has 0 saturated carbocycles. The first-order valence-electron chi connectivity index (χ1n) is 11.3. The molecule has 1 fully saturated rings. The van der Waals surface area contributed by atoms with Crippen molar-refractivity contribution in [1.82, 2.24) is 15.5 Å². The van der Waals surface area contributed by atoms with Crippen LogP contribution in [0.4, 0.5) is 0 Å². The summed E-state index contributed by atoms with van der Waals surface area (Å²) in [5.41, 5.74) is 12.2. The van der Waals surface area contributed by atoms with Gasteiger partial charge in [0, 0.05) is 50.9 Å². The minimum atomic E-state index is -0.883. The van der Waals surface area contributed by atoms with E-state index in [0.717, 1.165) is 19.4 Å². The van der Waals surface area contributed by atoms with E-state index in [1.807, 2.05) is 0 Å². The zero-order chi connectivity index (χ0) is 22.8. The van der Waals surface area contributed by atoms with Crippen molar-refractivity contribution >= 4 is 12.1 Å². The summed E-state index contributed by atoms with van der Waals surface area (Å²) in [5.74, 6) is -0.943. The molecule has 6 unspecified atom stereocenters. The van der Waals surface area contributed by atoms with Crippen molar-refractivity contribution in [2.24, 2.45) is 28.3 Å². The van der Waals surface area contributed by atoms with Crippen LogP contribution in [0.3, 0.4) is 0 Å². The van der Waals surface area contributed by atoms with Gasteiger partial charge in [-0.1, -0.05) is 6.92 Å². The normalized spacial score (nSPS) is 28.8. The molecule has 1 saturated heterocycles. The summed E-state index contributed by atoms with van der Waals surface area (Å²) in [7, 11) is 0. The lowest BCUT2D eigenvalue weighted by atomic mass is 9.93. The number of aliphatic hydroxyl groups is 1. The maximum Gasteiger partial charge on any atom is 0.229 e. The Hall–Kier alpha value is -1.61. The van der Waals surface area contributed by atoms with E-state index in [9.17, 15) is 4.79 Å². The van der Waals surface area contributed by atoms with E-state index in [1.165, 1.54) is 0 Å². The summed E-state index contributed by atoms with van der Waals surface area (Å²) < 4.78 is 5.89. The fourth-order valence-electron chi connectivity index (χ4n) is 4.20. The number of nitrogens with one attached hydrogen (secondary N) is 2. The lowest BCUT2D eigenvalue weighted by molar-refractivity contribution is -0.131. The van der Waals surface area contributed by atoms with Gasteiger partial charge in [0.25, 0.3) is 0 Å². The number of piperidine rings is 1. The number of hydrogen-bond acceptors (Lipinski definition) is 9. The Bertz CT molecular complexity index is 625. The highest BCUT2D eigenvalue weighted by Crippen LogP contribution is 2.25. The van der Waals surface area contributed by atoms with Crippen LogP contribution in [-0.4, -0.2) is 85.5 Å². The van der Waals surface area contributed by atoms with E-state index in [2.05, 4.69) is 40.4 Å². The van der Waals surface area contributed by atoms with Crippen LogP contribution in [0.1, 0.15) is 39.5 Å². The van der Waals surface area contributed by atoms with Crippen LogP contribution in [0, 0.1) is 23.2 Å². The SMILES string of the molecule is CCC(C)N1CC(CC#N)C=NC1C(C(=O)NC1CNCCC1OCCCO)C(N)N. The lowest BCUT2D eigenvalue weighted by Crippen LogP contribution is -2.63. The molecule has 0 spiro atoms. The van der Waals surface area contributed by atoms with Crippen molar-refractivity contribution < 1.29 is 14.6 Å². The Morgan fingerprint density at radius 3 is 2.94 bits per heavy atom. The zero-order valence-electron chi connectivity index (χ0n) is 18.7. The average molecular weight is 438 g/mol. The number of aliphatic imine (C=N–C) groups is 1. The highest BCUT2D eigenvalue weighted by atomic mass is 16.5. The van der Waals surface area contributed by atoms with Gasteiger partial charge < -0.3 is 31.9 Å². The molecule has 2 aliphatic heterocycles. The molecular weight excluding hydrogens is 398 g/mol. The fraction of sp³-hybridized carbons (Fsp3) is 0.857. The van der Waals surface area contributed by atoms with Gasteiger partial charge in [0.2, 0.25) is 5.91 Å². The third-order valence-electron chi connectivity index (χ3n) is 6.16. The molecule has 10 heteroatoms. The topological polar surface area (TPSA) is 162 Å². The summed E-state index contributed by atoms with van der Waals surface area (Å²) in [6.07, 6.45) is 2.88. The Morgan fingerprint density at radius 1 is 1.52 bits per heavy atom. The number of ether oxygens (including phenoxy) is 1. The van der Waals surface area contributed by atoms with E-state index < -0.39 is 18.2 Å². The van der Waals surface area contributed by atoms with E-state index in [4.69, 9.17) is 26.6 Å². The van der Waals surface area contributed by atoms with Crippen molar-refractivity contribution in [3.63, 3.8) is 0 Å². The molecule has 10 nitrogen and oxygen atoms in total. The van der Waals surface area contributed by atoms with Crippen molar-refractivity contribution in [2.75, 3.05) is 32.8 Å². The second-order valence-electron chi connectivity index (χ2n) is 8.49. The number of nitriles is 1. The number of carbonyl (C=O) groups excluding carboxylic acids is 1. The first-order valence-corrected chi connectivity index (χ1v) is 11.3. The smallest absolute Gasteiger partial charge is 0.229 e. The Balaban J connectivity index is 2.15. The van der Waals surface area contributed by atoms with Gasteiger partial charge in [0.05, 0.1) is 24.4 Å². The van der Waals surface area contributed by atoms with E-state index >= 15 is 0 Å². The number of aliphatic hydroxyl groups excluding tert-OH is 1. The molecule has 2 aliphatic rings. The van der Waals surface area contributed by atoms with Gasteiger partial charge in [0.15, 0.2) is 0 Å². The van der Waals surface area contributed by atoms with E-state index in [0.29, 0.717) is 32.5 Å². The van der Waals surface area contributed by atoms with E-state index in [1.54, 1.807) is 6.21 Å². The Labute approximate surface area is 185 Å². The predicted molar refractivity (Wildman–Crippen MR) is 119 cm³/mol. The molecule has 0 aromatic heterocycles. The van der Waals surface area contributed by atoms with Crippen molar-refractivity contribution in [1.29, 1.82) is 5.26 Å². The number of amides is 1. The predicted octanol–water partition coefficient (Wildman–Crippen LogP) is -0.867. The third-order valence-corrected chi connectivity index (χ3v) is 6.16. The fourth-order valence-corrected chi connectivity index (χ4v) is 4.20. The van der Waals surface area contributed by atoms with Gasteiger partial charge in [-0.15, -0.1) is 0 Å². The van der Waals surface area contributed by atoms with Crippen LogP contribution in [-0.2, 0) is 9.53 Å². The quantitative estimate of drug-likeness (QED) is 0.206. The molecule has 176 valence electrons. The third kappa shape index (κ3) is 7.20. The maximum atomic E-state index is 13.3. The Morgan fingerprint density at radius 2 is 2.29 bits per heavy atom. The second kappa shape index (κ2) is 13.1. The molecule has 0 aromatic rings. The van der Waals surface area contributed by atoms with Crippen LogP contribution in [0.2, 0.25) is 0 Å². The van der Waals surface area contributed by atoms with Gasteiger partial charge in [-0.25, -0.2) is 0 Å². The number of nitrogens with zero attached hydrogens (tertiary/aromatic N) is 3. The van der Waals surface area contributed by atoms with Crippen LogP contribution < -0.4 is 22.1 Å². The first-order chi connectivity index (χ1) is 14.9. The summed E-state index contributed by atoms with van der Waals surface area (Å²) in [4.78, 5) is 20.1. The van der Waals surface area contributed by atoms with Gasteiger partial charge in [-0.05, 0) is 32.7 Å². The molecule has 6 atom stereocenters. The minimum Gasteiger partial charge on any atom is -0.396 e. The summed E-state index contributed by atoms with van der Waals surface area (Å²) in [6, 6.07) is 2.16. The molecule has 0 bridgehead atoms. The summed E-state index contributed by atoms with van der Waals surface area (Å²) in [5, 5.41) is 24.4. The summed E-state index contributed by atoms with van der Waals surface area (Å²) >= 11 is 0. The van der Waals surface area contributed by atoms with E-state index in [-0.39, 0.29) is 36.6 Å². The van der Waals surface area contributed by atoms with Crippen molar-refractivity contribution in [3.8, 4) is 6.07 Å². The molecule has 7 N–H and O–H groups in total. The lowest BCUT2D eigenvalue weighted by Gasteiger charge is -2.43. The van der Waals surface area contributed by atoms with Gasteiger partial charge in [-0.3, -0.25) is 14.7 Å². The molecule has 0 aliphatic carbocycles. The molecule has 2 rings (SSSR count). The van der Waals surface area contributed by atoms with Gasteiger partial charge in [0.1, 0.15) is 12.1 Å². The molecular formula is C21H39N7O3. The number of carbonyl (C=O) groups is 1. The van der Waals surface area contributed by atoms with Gasteiger partial charge >= 0.3 is 0 Å². The number of hydrogen-bond donors (Lipinski definition) is 5. The van der Waals surface area contributed by atoms with Crippen molar-refractivity contribution in [2.45, 2.75) is 70.0 Å². The maximum absolute atomic E-state index is 13.3. The molecule has 0 aromatic carbocycles. The van der Waals surface area contributed by atoms with Crippen LogP contribution in [0.15, 0.2) is 4.99 Å². The molecule has 2 heterocycles. The Kier molecular flexibility index (Phi) is 10.8. The van der Waals surface area contributed by atoms with Crippen LogP contribution in [0.5, 0.6) is 0 Å². The highest BCUT2D eigenvalue weighted by Gasteiger charge is 2.41.